The smallest absolute Gasteiger partial charge is 0.0582 e. The van der Waals surface area contributed by atoms with E-state index in [1.165, 1.54) is 19.3 Å². The fraction of sp³-hybridized carbons (Fsp3) is 1.00. The van der Waals surface area contributed by atoms with Gasteiger partial charge in [-0.15, -0.1) is 0 Å². The Morgan fingerprint density at radius 2 is 2.25 bits per heavy atom. The minimum atomic E-state index is 0.243. The summed E-state index contributed by atoms with van der Waals surface area (Å²) in [6.07, 6.45) is 3.89. The lowest BCUT2D eigenvalue weighted by molar-refractivity contribution is 0.205. The average Bonchev–Trinajstić information content (AvgIpc) is 2.31. The molecule has 1 aliphatic carbocycles. The zero-order valence-corrected chi connectivity index (χ0v) is 8.43. The summed E-state index contributed by atoms with van der Waals surface area (Å²) in [4.78, 5) is 0. The molecule has 0 spiro atoms. The van der Waals surface area contributed by atoms with Crippen LogP contribution in [-0.4, -0.2) is 23.8 Å². The van der Waals surface area contributed by atoms with Crippen molar-refractivity contribution in [2.24, 2.45) is 5.41 Å². The van der Waals surface area contributed by atoms with Crippen molar-refractivity contribution in [2.45, 2.75) is 52.1 Å². The van der Waals surface area contributed by atoms with Crippen molar-refractivity contribution in [3.05, 3.63) is 0 Å². The molecule has 1 saturated carbocycles. The third-order valence-electron chi connectivity index (χ3n) is 3.02. The maximum Gasteiger partial charge on any atom is 0.0582 e. The Hall–Kier alpha value is -0.0800. The monoisotopic (exact) mass is 171 g/mol. The predicted octanol–water partition coefficient (Wildman–Crippen LogP) is 1.54. The van der Waals surface area contributed by atoms with Crippen molar-refractivity contribution in [3.8, 4) is 0 Å². The predicted molar refractivity (Wildman–Crippen MR) is 51.1 cm³/mol. The number of nitrogens with one attached hydrogen (secondary N) is 1. The van der Waals surface area contributed by atoms with E-state index in [0.717, 1.165) is 0 Å². The van der Waals surface area contributed by atoms with E-state index in [2.05, 4.69) is 19.2 Å². The van der Waals surface area contributed by atoms with E-state index < -0.39 is 0 Å². The number of aliphatic hydroxyl groups is 1. The van der Waals surface area contributed by atoms with Gasteiger partial charge < -0.3 is 10.4 Å². The van der Waals surface area contributed by atoms with Gasteiger partial charge in [-0.25, -0.2) is 0 Å². The Kier molecular flexibility index (Phi) is 3.13. The minimum Gasteiger partial charge on any atom is -0.395 e. The normalized spacial score (nSPS) is 30.5. The highest BCUT2D eigenvalue weighted by atomic mass is 16.3. The lowest BCUT2D eigenvalue weighted by Crippen LogP contribution is -2.44. The molecule has 0 aromatic heterocycles. The zero-order chi connectivity index (χ0) is 9.19. The molecule has 0 saturated heterocycles. The summed E-state index contributed by atoms with van der Waals surface area (Å²) in [5.41, 5.74) is 0.420. The van der Waals surface area contributed by atoms with Gasteiger partial charge in [0.05, 0.1) is 6.61 Å². The molecule has 0 bridgehead atoms. The second-order valence-electron chi connectivity index (χ2n) is 4.68. The van der Waals surface area contributed by atoms with Crippen LogP contribution in [-0.2, 0) is 0 Å². The van der Waals surface area contributed by atoms with Crippen LogP contribution in [0.3, 0.4) is 0 Å². The standard InChI is InChI=1S/C10H21NO/c1-8(7-12)11-9-5-4-6-10(9,2)3/h8-9,11-12H,4-7H2,1-3H3/t8-,9?/m0/s1. The summed E-state index contributed by atoms with van der Waals surface area (Å²) in [5.74, 6) is 0. The maximum absolute atomic E-state index is 8.90. The first-order valence-corrected chi connectivity index (χ1v) is 4.93. The van der Waals surface area contributed by atoms with E-state index >= 15 is 0 Å². The second-order valence-corrected chi connectivity index (χ2v) is 4.68. The third-order valence-corrected chi connectivity index (χ3v) is 3.02. The summed E-state index contributed by atoms with van der Waals surface area (Å²) in [7, 11) is 0. The van der Waals surface area contributed by atoms with Crippen LogP contribution in [0.5, 0.6) is 0 Å². The number of rotatable bonds is 3. The molecule has 72 valence electrons. The Morgan fingerprint density at radius 1 is 1.58 bits per heavy atom. The topological polar surface area (TPSA) is 32.3 Å². The minimum absolute atomic E-state index is 0.243. The Morgan fingerprint density at radius 3 is 2.67 bits per heavy atom. The summed E-state index contributed by atoms with van der Waals surface area (Å²) < 4.78 is 0. The summed E-state index contributed by atoms with van der Waals surface area (Å²) in [5, 5.41) is 12.4. The molecule has 0 aromatic carbocycles. The quantitative estimate of drug-likeness (QED) is 0.675. The first kappa shape index (κ1) is 10.0. The van der Waals surface area contributed by atoms with Crippen LogP contribution in [0.15, 0.2) is 0 Å². The van der Waals surface area contributed by atoms with Crippen molar-refractivity contribution < 1.29 is 5.11 Å². The van der Waals surface area contributed by atoms with Crippen LogP contribution >= 0.6 is 0 Å². The summed E-state index contributed by atoms with van der Waals surface area (Å²) in [6, 6.07) is 0.840. The lowest BCUT2D eigenvalue weighted by Gasteiger charge is -2.30. The Labute approximate surface area is 75.4 Å². The maximum atomic E-state index is 8.90. The van der Waals surface area contributed by atoms with Crippen LogP contribution < -0.4 is 5.32 Å². The van der Waals surface area contributed by atoms with E-state index in [9.17, 15) is 0 Å². The van der Waals surface area contributed by atoms with Crippen LogP contribution in [0, 0.1) is 5.41 Å². The molecule has 0 heterocycles. The largest absolute Gasteiger partial charge is 0.395 e. The van der Waals surface area contributed by atoms with Crippen LogP contribution in [0.25, 0.3) is 0 Å². The molecular formula is C10H21NO. The molecule has 0 radical (unpaired) electrons. The first-order chi connectivity index (χ1) is 5.56. The highest BCUT2D eigenvalue weighted by Crippen LogP contribution is 2.37. The summed E-state index contributed by atoms with van der Waals surface area (Å²) in [6.45, 7) is 6.89. The second kappa shape index (κ2) is 3.75. The summed E-state index contributed by atoms with van der Waals surface area (Å²) >= 11 is 0. The van der Waals surface area contributed by atoms with E-state index in [4.69, 9.17) is 5.11 Å². The van der Waals surface area contributed by atoms with Crippen molar-refractivity contribution in [3.63, 3.8) is 0 Å². The SMILES string of the molecule is C[C@@H](CO)NC1CCCC1(C)C. The van der Waals surface area contributed by atoms with E-state index in [1.807, 2.05) is 6.92 Å². The van der Waals surface area contributed by atoms with Crippen molar-refractivity contribution in [1.82, 2.24) is 5.32 Å². The van der Waals surface area contributed by atoms with Gasteiger partial charge in [-0.3, -0.25) is 0 Å². The van der Waals surface area contributed by atoms with Crippen molar-refractivity contribution in [1.29, 1.82) is 0 Å². The Balaban J connectivity index is 2.41. The Bertz CT molecular complexity index is 145. The van der Waals surface area contributed by atoms with Gasteiger partial charge in [0.25, 0.3) is 0 Å². The van der Waals surface area contributed by atoms with Crippen LogP contribution in [0.4, 0.5) is 0 Å². The van der Waals surface area contributed by atoms with Gasteiger partial charge in [0.2, 0.25) is 0 Å². The molecular weight excluding hydrogens is 150 g/mol. The molecule has 0 amide bonds. The fourth-order valence-electron chi connectivity index (χ4n) is 2.03. The molecule has 2 nitrogen and oxygen atoms in total. The number of hydrogen-bond donors (Lipinski definition) is 2. The van der Waals surface area contributed by atoms with E-state index in [0.29, 0.717) is 11.5 Å². The fourth-order valence-corrected chi connectivity index (χ4v) is 2.03. The average molecular weight is 171 g/mol. The van der Waals surface area contributed by atoms with Crippen LogP contribution in [0.2, 0.25) is 0 Å². The molecule has 0 aromatic rings. The third kappa shape index (κ3) is 2.20. The van der Waals surface area contributed by atoms with Gasteiger partial charge in [0, 0.05) is 12.1 Å². The highest BCUT2D eigenvalue weighted by Gasteiger charge is 2.34. The van der Waals surface area contributed by atoms with Gasteiger partial charge in [-0.1, -0.05) is 20.3 Å². The molecule has 1 rings (SSSR count). The molecule has 1 aliphatic rings. The lowest BCUT2D eigenvalue weighted by atomic mass is 9.87. The van der Waals surface area contributed by atoms with Crippen LogP contribution in [0.1, 0.15) is 40.0 Å². The van der Waals surface area contributed by atoms with Crippen molar-refractivity contribution >= 4 is 0 Å². The molecule has 12 heavy (non-hydrogen) atoms. The van der Waals surface area contributed by atoms with Crippen molar-refractivity contribution in [2.75, 3.05) is 6.61 Å². The van der Waals surface area contributed by atoms with Gasteiger partial charge in [-0.2, -0.15) is 0 Å². The molecule has 1 unspecified atom stereocenters. The van der Waals surface area contributed by atoms with Gasteiger partial charge in [0.1, 0.15) is 0 Å². The molecule has 2 atom stereocenters. The van der Waals surface area contributed by atoms with Gasteiger partial charge in [0.15, 0.2) is 0 Å². The van der Waals surface area contributed by atoms with E-state index in [-0.39, 0.29) is 12.6 Å². The molecule has 2 N–H and O–H groups in total. The molecule has 1 fully saturated rings. The molecule has 0 aliphatic heterocycles. The first-order valence-electron chi connectivity index (χ1n) is 4.93. The number of hydrogen-bond acceptors (Lipinski definition) is 2. The van der Waals surface area contributed by atoms with Gasteiger partial charge in [-0.05, 0) is 25.2 Å². The highest BCUT2D eigenvalue weighted by molar-refractivity contribution is 4.91. The number of aliphatic hydroxyl groups excluding tert-OH is 1. The zero-order valence-electron chi connectivity index (χ0n) is 8.43. The molecule has 2 heteroatoms. The van der Waals surface area contributed by atoms with E-state index in [1.54, 1.807) is 0 Å². The van der Waals surface area contributed by atoms with Gasteiger partial charge >= 0.3 is 0 Å².